The molecule has 1 aromatic heterocycles. The Balaban J connectivity index is 1.47. The molecule has 1 heterocycles. The van der Waals surface area contributed by atoms with Gasteiger partial charge < -0.3 is 5.32 Å². The van der Waals surface area contributed by atoms with E-state index >= 15 is 0 Å². The van der Waals surface area contributed by atoms with Crippen molar-refractivity contribution in [3.05, 3.63) is 106 Å². The van der Waals surface area contributed by atoms with Crippen LogP contribution in [0.3, 0.4) is 0 Å². The first-order chi connectivity index (χ1) is 15.9. The van der Waals surface area contributed by atoms with Crippen LogP contribution in [0.2, 0.25) is 0 Å². The van der Waals surface area contributed by atoms with Gasteiger partial charge >= 0.3 is 0 Å². The lowest BCUT2D eigenvalue weighted by atomic mass is 10.0. The zero-order valence-electron chi connectivity index (χ0n) is 18.9. The number of aromatic nitrogens is 2. The molecule has 0 aliphatic carbocycles. The second-order valence-electron chi connectivity index (χ2n) is 8.58. The maximum absolute atomic E-state index is 13.0. The molecule has 0 aliphatic rings. The number of carbonyl (C=O) groups is 1. The Morgan fingerprint density at radius 3 is 2.36 bits per heavy atom. The molecule has 0 atom stereocenters. The Bertz CT molecular complexity index is 1570. The van der Waals surface area contributed by atoms with Crippen molar-refractivity contribution < 1.29 is 4.79 Å². The van der Waals surface area contributed by atoms with E-state index in [1.54, 1.807) is 17.8 Å². The minimum atomic E-state index is -0.115. The Morgan fingerprint density at radius 1 is 0.848 bits per heavy atom. The number of benzene rings is 4. The van der Waals surface area contributed by atoms with Gasteiger partial charge in [0.1, 0.15) is 0 Å². The van der Waals surface area contributed by atoms with Crippen LogP contribution in [0.5, 0.6) is 0 Å². The Kier molecular flexibility index (Phi) is 5.09. The molecule has 0 radical (unpaired) electrons. The number of rotatable bonds is 4. The summed E-state index contributed by atoms with van der Waals surface area (Å²) in [6, 6.07) is 25.8. The minimum Gasteiger partial charge on any atom is -0.326 e. The first kappa shape index (κ1) is 20.8. The molecule has 164 valence electrons. The van der Waals surface area contributed by atoms with Gasteiger partial charge in [0.25, 0.3) is 5.56 Å². The van der Waals surface area contributed by atoms with E-state index in [9.17, 15) is 9.59 Å². The van der Waals surface area contributed by atoms with Crippen molar-refractivity contribution in [3.8, 4) is 5.69 Å². The van der Waals surface area contributed by atoms with E-state index in [0.717, 1.165) is 38.7 Å². The third-order valence-corrected chi connectivity index (χ3v) is 6.01. The molecule has 5 aromatic rings. The molecule has 0 bridgehead atoms. The van der Waals surface area contributed by atoms with E-state index in [2.05, 4.69) is 23.5 Å². The molecule has 0 unspecified atom stereocenters. The second kappa shape index (κ2) is 8.10. The van der Waals surface area contributed by atoms with E-state index in [1.807, 2.05) is 73.1 Å². The molecule has 0 saturated heterocycles. The van der Waals surface area contributed by atoms with Crippen molar-refractivity contribution in [1.29, 1.82) is 0 Å². The molecule has 5 heteroatoms. The third kappa shape index (κ3) is 3.82. The van der Waals surface area contributed by atoms with Crippen molar-refractivity contribution >= 4 is 33.3 Å². The molecule has 33 heavy (non-hydrogen) atoms. The van der Waals surface area contributed by atoms with E-state index < -0.39 is 0 Å². The van der Waals surface area contributed by atoms with Crippen LogP contribution in [0, 0.1) is 13.8 Å². The Labute approximate surface area is 191 Å². The number of anilines is 1. The molecule has 1 N–H and O–H groups in total. The number of fused-ring (bicyclic) bond motifs is 2. The highest BCUT2D eigenvalue weighted by Crippen LogP contribution is 2.23. The van der Waals surface area contributed by atoms with Gasteiger partial charge in [-0.05, 0) is 71.6 Å². The number of hydrogen-bond donors (Lipinski definition) is 1. The van der Waals surface area contributed by atoms with Crippen molar-refractivity contribution in [1.82, 2.24) is 9.36 Å². The summed E-state index contributed by atoms with van der Waals surface area (Å²) in [5, 5.41) is 5.72. The van der Waals surface area contributed by atoms with Gasteiger partial charge in [-0.25, -0.2) is 4.68 Å². The molecule has 1 amide bonds. The molecule has 5 rings (SSSR count). The number of nitrogens with zero attached hydrogens (tertiary/aromatic N) is 2. The van der Waals surface area contributed by atoms with E-state index in [-0.39, 0.29) is 17.9 Å². The van der Waals surface area contributed by atoms with Crippen molar-refractivity contribution in [2.75, 3.05) is 5.32 Å². The number of nitrogens with one attached hydrogen (secondary N) is 1. The van der Waals surface area contributed by atoms with Crippen LogP contribution in [0.4, 0.5) is 5.69 Å². The van der Waals surface area contributed by atoms with Gasteiger partial charge in [-0.15, -0.1) is 0 Å². The molecule has 0 aliphatic heterocycles. The summed E-state index contributed by atoms with van der Waals surface area (Å²) >= 11 is 0. The first-order valence-electron chi connectivity index (χ1n) is 11.0. The maximum atomic E-state index is 13.0. The summed E-state index contributed by atoms with van der Waals surface area (Å²) in [7, 11) is 1.76. The van der Waals surface area contributed by atoms with E-state index in [1.165, 1.54) is 0 Å². The number of aryl methyl sites for hydroxylation is 2. The summed E-state index contributed by atoms with van der Waals surface area (Å²) in [6.07, 6.45) is 0.265. The quantitative estimate of drug-likeness (QED) is 0.418. The highest BCUT2D eigenvalue weighted by molar-refractivity contribution is 5.97. The van der Waals surface area contributed by atoms with Crippen LogP contribution >= 0.6 is 0 Å². The normalized spacial score (nSPS) is 11.2. The smallest absolute Gasteiger partial charge is 0.274 e. The lowest BCUT2D eigenvalue weighted by Gasteiger charge is -2.12. The van der Waals surface area contributed by atoms with Gasteiger partial charge in [-0.1, -0.05) is 48.5 Å². The standard InChI is InChI=1S/C28H25N3O2/c1-18-13-19(2)15-23(14-18)31-26-12-11-22(17-25(26)28(33)30(31)3)29-27(32)16-21-9-6-8-20-7-4-5-10-24(20)21/h4-15,17H,16H2,1-3H3,(H,29,32). The third-order valence-electron chi connectivity index (χ3n) is 6.01. The predicted octanol–water partition coefficient (Wildman–Crippen LogP) is 5.28. The van der Waals surface area contributed by atoms with Crippen LogP contribution in [-0.2, 0) is 18.3 Å². The maximum Gasteiger partial charge on any atom is 0.274 e. The number of hydrogen-bond acceptors (Lipinski definition) is 2. The molecule has 0 spiro atoms. The van der Waals surface area contributed by atoms with Gasteiger partial charge in [0.05, 0.1) is 23.0 Å². The van der Waals surface area contributed by atoms with Gasteiger partial charge in [-0.3, -0.25) is 14.3 Å². The largest absolute Gasteiger partial charge is 0.326 e. The molecule has 4 aromatic carbocycles. The van der Waals surface area contributed by atoms with E-state index in [0.29, 0.717) is 11.1 Å². The zero-order valence-corrected chi connectivity index (χ0v) is 18.9. The predicted molar refractivity (Wildman–Crippen MR) is 134 cm³/mol. The Morgan fingerprint density at radius 2 is 1.58 bits per heavy atom. The minimum absolute atomic E-state index is 0.102. The lowest BCUT2D eigenvalue weighted by molar-refractivity contribution is -0.115. The fourth-order valence-corrected chi connectivity index (χ4v) is 4.61. The van der Waals surface area contributed by atoms with Crippen molar-refractivity contribution in [2.45, 2.75) is 20.3 Å². The van der Waals surface area contributed by atoms with Crippen LogP contribution in [0.15, 0.2) is 83.7 Å². The number of amides is 1. The fraction of sp³-hybridized carbons (Fsp3) is 0.143. The Hall–Kier alpha value is -4.12. The second-order valence-corrected chi connectivity index (χ2v) is 8.58. The summed E-state index contributed by atoms with van der Waals surface area (Å²) in [4.78, 5) is 25.8. The summed E-state index contributed by atoms with van der Waals surface area (Å²) in [5.41, 5.74) is 5.50. The molecular formula is C28H25N3O2. The van der Waals surface area contributed by atoms with Crippen LogP contribution in [0.1, 0.15) is 16.7 Å². The summed E-state index contributed by atoms with van der Waals surface area (Å²) in [6.45, 7) is 4.09. The van der Waals surface area contributed by atoms with Gasteiger partial charge in [0.2, 0.25) is 5.91 Å². The van der Waals surface area contributed by atoms with Gasteiger partial charge in [0.15, 0.2) is 0 Å². The highest BCUT2D eigenvalue weighted by Gasteiger charge is 2.14. The average molecular weight is 436 g/mol. The van der Waals surface area contributed by atoms with Crippen LogP contribution in [-0.4, -0.2) is 15.3 Å². The summed E-state index contributed by atoms with van der Waals surface area (Å²) in [5.74, 6) is -0.115. The van der Waals surface area contributed by atoms with Crippen molar-refractivity contribution in [3.63, 3.8) is 0 Å². The fourth-order valence-electron chi connectivity index (χ4n) is 4.61. The summed E-state index contributed by atoms with van der Waals surface area (Å²) < 4.78 is 3.53. The topological polar surface area (TPSA) is 56.0 Å². The molecule has 5 nitrogen and oxygen atoms in total. The zero-order chi connectivity index (χ0) is 23.1. The highest BCUT2D eigenvalue weighted by atomic mass is 16.1. The molecular weight excluding hydrogens is 410 g/mol. The van der Waals surface area contributed by atoms with Gasteiger partial charge in [0, 0.05) is 12.7 Å². The monoisotopic (exact) mass is 435 g/mol. The molecule has 0 fully saturated rings. The first-order valence-corrected chi connectivity index (χ1v) is 11.0. The lowest BCUT2D eigenvalue weighted by Crippen LogP contribution is -2.18. The average Bonchev–Trinajstić information content (AvgIpc) is 3.03. The van der Waals surface area contributed by atoms with E-state index in [4.69, 9.17) is 0 Å². The SMILES string of the molecule is Cc1cc(C)cc(-n2c3ccc(NC(=O)Cc4cccc5ccccc45)cc3c(=O)n2C)c1. The van der Waals surface area contributed by atoms with Gasteiger partial charge in [-0.2, -0.15) is 0 Å². The number of carbonyl (C=O) groups excluding carboxylic acids is 1. The molecule has 0 saturated carbocycles. The van der Waals surface area contributed by atoms with Crippen LogP contribution < -0.4 is 10.9 Å². The van der Waals surface area contributed by atoms with Crippen molar-refractivity contribution in [2.24, 2.45) is 7.05 Å². The van der Waals surface area contributed by atoms with Crippen LogP contribution in [0.25, 0.3) is 27.4 Å².